The highest BCUT2D eigenvalue weighted by molar-refractivity contribution is 9.10. The van der Waals surface area contributed by atoms with Crippen LogP contribution in [0.3, 0.4) is 0 Å². The molecule has 1 saturated heterocycles. The number of carbonyl (C=O) groups is 1. The number of halogens is 4. The number of rotatable bonds is 3. The van der Waals surface area contributed by atoms with E-state index in [1.165, 1.54) is 6.07 Å². The number of hydrogen-bond acceptors (Lipinski definition) is 2. The fraction of sp³-hybridized carbons (Fsp3) is 0.462. The maximum Gasteiger partial charge on any atom is 0.416 e. The monoisotopic (exact) mass is 351 g/mol. The first-order valence-electron chi connectivity index (χ1n) is 6.10. The van der Waals surface area contributed by atoms with E-state index in [9.17, 15) is 18.0 Å². The average Bonchev–Trinajstić information content (AvgIpc) is 2.88. The van der Waals surface area contributed by atoms with Gasteiger partial charge < -0.3 is 10.1 Å². The Morgan fingerprint density at radius 1 is 1.45 bits per heavy atom. The Hall–Kier alpha value is -1.08. The summed E-state index contributed by atoms with van der Waals surface area (Å²) in [5.74, 6) is -0.293. The predicted octanol–water partition coefficient (Wildman–Crippen LogP) is 3.23. The van der Waals surface area contributed by atoms with Gasteiger partial charge in [0.2, 0.25) is 0 Å². The Morgan fingerprint density at radius 3 is 2.80 bits per heavy atom. The fourth-order valence-corrected chi connectivity index (χ4v) is 2.38. The first kappa shape index (κ1) is 15.3. The minimum Gasteiger partial charge on any atom is -0.381 e. The van der Waals surface area contributed by atoms with Crippen molar-refractivity contribution in [2.75, 3.05) is 19.8 Å². The molecule has 0 bridgehead atoms. The third kappa shape index (κ3) is 3.73. The van der Waals surface area contributed by atoms with Crippen LogP contribution in [0.1, 0.15) is 22.3 Å². The number of benzene rings is 1. The number of hydrogen-bond donors (Lipinski definition) is 1. The smallest absolute Gasteiger partial charge is 0.381 e. The zero-order valence-electron chi connectivity index (χ0n) is 10.5. The van der Waals surface area contributed by atoms with Crippen LogP contribution < -0.4 is 5.32 Å². The van der Waals surface area contributed by atoms with Crippen LogP contribution in [0.25, 0.3) is 0 Å². The molecule has 1 aliphatic rings. The van der Waals surface area contributed by atoms with E-state index in [1.807, 2.05) is 0 Å². The molecule has 1 unspecified atom stereocenters. The lowest BCUT2D eigenvalue weighted by atomic mass is 10.1. The Balaban J connectivity index is 2.08. The quantitative estimate of drug-likeness (QED) is 0.907. The van der Waals surface area contributed by atoms with E-state index in [0.717, 1.165) is 18.6 Å². The van der Waals surface area contributed by atoms with Crippen LogP contribution in [-0.2, 0) is 10.9 Å². The maximum atomic E-state index is 12.6. The molecule has 1 amide bonds. The predicted molar refractivity (Wildman–Crippen MR) is 70.4 cm³/mol. The summed E-state index contributed by atoms with van der Waals surface area (Å²) >= 11 is 3.10. The van der Waals surface area contributed by atoms with Gasteiger partial charge in [-0.25, -0.2) is 0 Å². The summed E-state index contributed by atoms with van der Waals surface area (Å²) in [6.07, 6.45) is -3.61. The molecular formula is C13H13BrF3NO2. The molecule has 1 heterocycles. The molecule has 0 radical (unpaired) electrons. The van der Waals surface area contributed by atoms with Gasteiger partial charge in [0.25, 0.3) is 5.91 Å². The van der Waals surface area contributed by atoms with Crippen molar-refractivity contribution in [3.05, 3.63) is 33.8 Å². The minimum absolute atomic E-state index is 0.0151. The van der Waals surface area contributed by atoms with Gasteiger partial charge in [-0.1, -0.05) is 0 Å². The molecule has 1 atom stereocenters. The Kier molecular flexibility index (Phi) is 4.70. The summed E-state index contributed by atoms with van der Waals surface area (Å²) in [5.41, 5.74) is -0.853. The number of nitrogens with one attached hydrogen (secondary N) is 1. The first-order valence-corrected chi connectivity index (χ1v) is 6.90. The lowest BCUT2D eigenvalue weighted by Gasteiger charge is -2.12. The molecular weight excluding hydrogens is 339 g/mol. The zero-order valence-corrected chi connectivity index (χ0v) is 12.1. The van der Waals surface area contributed by atoms with Gasteiger partial charge in [0.1, 0.15) is 0 Å². The third-order valence-electron chi connectivity index (χ3n) is 3.11. The summed E-state index contributed by atoms with van der Waals surface area (Å²) < 4.78 is 43.4. The van der Waals surface area contributed by atoms with E-state index < -0.39 is 17.6 Å². The van der Waals surface area contributed by atoms with Crippen molar-refractivity contribution in [1.29, 1.82) is 0 Å². The van der Waals surface area contributed by atoms with Crippen LogP contribution in [-0.4, -0.2) is 25.7 Å². The van der Waals surface area contributed by atoms with Crippen molar-refractivity contribution in [3.8, 4) is 0 Å². The Bertz CT molecular complexity index is 499. The highest BCUT2D eigenvalue weighted by Crippen LogP contribution is 2.31. The van der Waals surface area contributed by atoms with Crippen molar-refractivity contribution < 1.29 is 22.7 Å². The summed E-state index contributed by atoms with van der Waals surface area (Å²) in [6, 6.07) is 3.02. The van der Waals surface area contributed by atoms with Gasteiger partial charge in [0.15, 0.2) is 0 Å². The molecule has 1 aromatic rings. The molecule has 0 spiro atoms. The molecule has 0 aromatic heterocycles. The van der Waals surface area contributed by atoms with E-state index in [0.29, 0.717) is 24.2 Å². The van der Waals surface area contributed by atoms with Crippen molar-refractivity contribution in [2.45, 2.75) is 12.6 Å². The average molecular weight is 352 g/mol. The minimum atomic E-state index is -4.46. The van der Waals surface area contributed by atoms with E-state index in [4.69, 9.17) is 4.74 Å². The number of ether oxygens (including phenoxy) is 1. The van der Waals surface area contributed by atoms with Gasteiger partial charge in [-0.15, -0.1) is 0 Å². The second-order valence-corrected chi connectivity index (χ2v) is 5.49. The summed E-state index contributed by atoms with van der Waals surface area (Å²) in [7, 11) is 0. The summed E-state index contributed by atoms with van der Waals surface area (Å²) in [4.78, 5) is 12.0. The highest BCUT2D eigenvalue weighted by Gasteiger charge is 2.31. The lowest BCUT2D eigenvalue weighted by molar-refractivity contribution is -0.137. The molecule has 1 aromatic carbocycles. The van der Waals surface area contributed by atoms with E-state index in [2.05, 4.69) is 21.2 Å². The standard InChI is InChI=1S/C13H13BrF3NO2/c14-11-2-1-9(13(15,16)17)5-10(11)12(19)18-6-8-3-4-20-7-8/h1-2,5,8H,3-4,6-7H2,(H,18,19). The molecule has 3 nitrogen and oxygen atoms in total. The van der Waals surface area contributed by atoms with Gasteiger partial charge in [-0.3, -0.25) is 4.79 Å². The Morgan fingerprint density at radius 2 is 2.20 bits per heavy atom. The van der Waals surface area contributed by atoms with Crippen LogP contribution in [0.4, 0.5) is 13.2 Å². The second kappa shape index (κ2) is 6.13. The van der Waals surface area contributed by atoms with Crippen LogP contribution in [0.15, 0.2) is 22.7 Å². The Labute approximate surface area is 122 Å². The lowest BCUT2D eigenvalue weighted by Crippen LogP contribution is -2.30. The summed E-state index contributed by atoms with van der Waals surface area (Å²) in [5, 5.41) is 2.64. The van der Waals surface area contributed by atoms with Crippen molar-refractivity contribution in [3.63, 3.8) is 0 Å². The largest absolute Gasteiger partial charge is 0.416 e. The third-order valence-corrected chi connectivity index (χ3v) is 3.81. The molecule has 1 aliphatic heterocycles. The van der Waals surface area contributed by atoms with Gasteiger partial charge in [0.05, 0.1) is 17.7 Å². The van der Waals surface area contributed by atoms with Crippen LogP contribution in [0.5, 0.6) is 0 Å². The zero-order chi connectivity index (χ0) is 14.8. The van der Waals surface area contributed by atoms with E-state index in [-0.39, 0.29) is 11.5 Å². The molecule has 0 saturated carbocycles. The van der Waals surface area contributed by atoms with Crippen LogP contribution >= 0.6 is 15.9 Å². The van der Waals surface area contributed by atoms with Gasteiger partial charge in [-0.05, 0) is 40.5 Å². The molecule has 0 aliphatic carbocycles. The topological polar surface area (TPSA) is 38.3 Å². The van der Waals surface area contributed by atoms with Gasteiger partial charge in [0, 0.05) is 23.5 Å². The molecule has 1 fully saturated rings. The maximum absolute atomic E-state index is 12.6. The number of amides is 1. The van der Waals surface area contributed by atoms with Crippen molar-refractivity contribution in [2.24, 2.45) is 5.92 Å². The van der Waals surface area contributed by atoms with Crippen molar-refractivity contribution in [1.82, 2.24) is 5.32 Å². The second-order valence-electron chi connectivity index (χ2n) is 4.63. The van der Waals surface area contributed by atoms with E-state index >= 15 is 0 Å². The van der Waals surface area contributed by atoms with Crippen molar-refractivity contribution >= 4 is 21.8 Å². The van der Waals surface area contributed by atoms with Crippen LogP contribution in [0.2, 0.25) is 0 Å². The SMILES string of the molecule is O=C(NCC1CCOC1)c1cc(C(F)(F)F)ccc1Br. The van der Waals surface area contributed by atoms with Gasteiger partial charge in [-0.2, -0.15) is 13.2 Å². The van der Waals surface area contributed by atoms with Gasteiger partial charge >= 0.3 is 6.18 Å². The normalized spacial score (nSPS) is 19.1. The number of alkyl halides is 3. The summed E-state index contributed by atoms with van der Waals surface area (Å²) in [6.45, 7) is 1.64. The van der Waals surface area contributed by atoms with E-state index in [1.54, 1.807) is 0 Å². The highest BCUT2D eigenvalue weighted by atomic mass is 79.9. The van der Waals surface area contributed by atoms with Crippen LogP contribution in [0, 0.1) is 5.92 Å². The molecule has 2 rings (SSSR count). The molecule has 110 valence electrons. The number of carbonyl (C=O) groups excluding carboxylic acids is 1. The fourth-order valence-electron chi connectivity index (χ4n) is 1.95. The molecule has 20 heavy (non-hydrogen) atoms. The first-order chi connectivity index (χ1) is 9.38. The molecule has 1 N–H and O–H groups in total. The molecule has 7 heteroatoms.